The molecule has 1 heterocycles. The van der Waals surface area contributed by atoms with Gasteiger partial charge in [0, 0.05) is 6.04 Å². The Labute approximate surface area is 112 Å². The second-order valence-electron chi connectivity index (χ2n) is 4.71. The van der Waals surface area contributed by atoms with Gasteiger partial charge in [0.15, 0.2) is 0 Å². The Morgan fingerprint density at radius 2 is 1.79 bits per heavy atom. The number of ether oxygens (including phenoxy) is 1. The van der Waals surface area contributed by atoms with Crippen LogP contribution in [0.5, 0.6) is 6.01 Å². The lowest BCUT2D eigenvalue weighted by Gasteiger charge is -2.16. The van der Waals surface area contributed by atoms with E-state index in [1.807, 2.05) is 20.8 Å². The van der Waals surface area contributed by atoms with Crippen molar-refractivity contribution in [3.8, 4) is 6.01 Å². The maximum atomic E-state index is 9.32. The monoisotopic (exact) mass is 270 g/mol. The topological polar surface area (TPSA) is 118 Å². The van der Waals surface area contributed by atoms with E-state index in [9.17, 15) is 5.11 Å². The van der Waals surface area contributed by atoms with E-state index in [-0.39, 0.29) is 24.1 Å². The number of aromatic nitrogens is 3. The fourth-order valence-electron chi connectivity index (χ4n) is 1.54. The third kappa shape index (κ3) is 5.66. The molecule has 0 radical (unpaired) electrons. The minimum atomic E-state index is -0.400. The zero-order chi connectivity index (χ0) is 14.4. The highest BCUT2D eigenvalue weighted by molar-refractivity contribution is 5.35. The van der Waals surface area contributed by atoms with Gasteiger partial charge in [-0.3, -0.25) is 5.43 Å². The summed E-state index contributed by atoms with van der Waals surface area (Å²) >= 11 is 0. The molecule has 0 amide bonds. The molecule has 8 heteroatoms. The average Bonchev–Trinajstić information content (AvgIpc) is 2.26. The van der Waals surface area contributed by atoms with Crippen molar-refractivity contribution in [1.82, 2.24) is 15.0 Å². The number of hydrogen-bond acceptors (Lipinski definition) is 8. The van der Waals surface area contributed by atoms with E-state index in [2.05, 4.69) is 25.7 Å². The van der Waals surface area contributed by atoms with Gasteiger partial charge >= 0.3 is 6.01 Å². The summed E-state index contributed by atoms with van der Waals surface area (Å²) in [5.74, 6) is 5.88. The van der Waals surface area contributed by atoms with E-state index in [1.54, 1.807) is 6.92 Å². The summed E-state index contributed by atoms with van der Waals surface area (Å²) in [6.45, 7) is 7.41. The molecule has 5 N–H and O–H groups in total. The average molecular weight is 270 g/mol. The molecule has 0 aliphatic rings. The van der Waals surface area contributed by atoms with Gasteiger partial charge in [-0.2, -0.15) is 15.0 Å². The van der Waals surface area contributed by atoms with Crippen molar-refractivity contribution >= 4 is 11.9 Å². The van der Waals surface area contributed by atoms with Crippen molar-refractivity contribution in [3.63, 3.8) is 0 Å². The first-order valence-corrected chi connectivity index (χ1v) is 6.24. The van der Waals surface area contributed by atoms with E-state index in [1.165, 1.54) is 0 Å². The van der Waals surface area contributed by atoms with Crippen molar-refractivity contribution in [2.45, 2.75) is 52.4 Å². The number of aliphatic hydroxyl groups excluding tert-OH is 1. The fraction of sp³-hybridized carbons (Fsp3) is 0.727. The Balaban J connectivity index is 2.81. The molecule has 0 saturated carbocycles. The van der Waals surface area contributed by atoms with Crippen LogP contribution in [0, 0.1) is 0 Å². The lowest BCUT2D eigenvalue weighted by atomic mass is 10.2. The Bertz CT molecular complexity index is 399. The zero-order valence-corrected chi connectivity index (χ0v) is 11.7. The molecule has 0 aromatic carbocycles. The van der Waals surface area contributed by atoms with Crippen LogP contribution in [-0.2, 0) is 0 Å². The summed E-state index contributed by atoms with van der Waals surface area (Å²) in [4.78, 5) is 12.2. The fourth-order valence-corrected chi connectivity index (χ4v) is 1.54. The van der Waals surface area contributed by atoms with E-state index in [4.69, 9.17) is 10.6 Å². The number of nitrogen functional groups attached to an aromatic ring is 1. The number of nitrogens with one attached hydrogen (secondary N) is 2. The number of hydrogen-bond donors (Lipinski definition) is 4. The number of rotatable bonds is 7. The first-order chi connectivity index (χ1) is 8.90. The molecular weight excluding hydrogens is 248 g/mol. The number of nitrogens with zero attached hydrogens (tertiary/aromatic N) is 3. The van der Waals surface area contributed by atoms with Crippen LogP contribution in [0.15, 0.2) is 0 Å². The Morgan fingerprint density at radius 3 is 2.32 bits per heavy atom. The molecular formula is C11H22N6O2. The lowest BCUT2D eigenvalue weighted by molar-refractivity contribution is 0.179. The minimum Gasteiger partial charge on any atom is -0.461 e. The van der Waals surface area contributed by atoms with Crippen LogP contribution in [-0.4, -0.2) is 38.3 Å². The molecule has 8 nitrogen and oxygen atoms in total. The van der Waals surface area contributed by atoms with E-state index in [0.29, 0.717) is 12.4 Å². The summed E-state index contributed by atoms with van der Waals surface area (Å²) in [6, 6.07) is 0.213. The van der Waals surface area contributed by atoms with Gasteiger partial charge < -0.3 is 15.2 Å². The van der Waals surface area contributed by atoms with Crippen LogP contribution in [0.4, 0.5) is 11.9 Å². The maximum absolute atomic E-state index is 9.32. The van der Waals surface area contributed by atoms with Gasteiger partial charge in [0.05, 0.1) is 12.2 Å². The second-order valence-corrected chi connectivity index (χ2v) is 4.71. The Kier molecular flexibility index (Phi) is 5.71. The summed E-state index contributed by atoms with van der Waals surface area (Å²) < 4.78 is 5.41. The molecule has 0 fully saturated rings. The molecule has 0 saturated heterocycles. The highest BCUT2D eigenvalue weighted by atomic mass is 16.5. The third-order valence-corrected chi connectivity index (χ3v) is 2.16. The molecule has 0 spiro atoms. The maximum Gasteiger partial charge on any atom is 0.323 e. The van der Waals surface area contributed by atoms with Crippen molar-refractivity contribution in [1.29, 1.82) is 0 Å². The van der Waals surface area contributed by atoms with Crippen molar-refractivity contribution < 1.29 is 9.84 Å². The van der Waals surface area contributed by atoms with Gasteiger partial charge in [0.1, 0.15) is 0 Å². The lowest BCUT2D eigenvalue weighted by Crippen LogP contribution is -2.23. The van der Waals surface area contributed by atoms with Gasteiger partial charge in [-0.05, 0) is 34.1 Å². The predicted molar refractivity (Wildman–Crippen MR) is 72.8 cm³/mol. The van der Waals surface area contributed by atoms with Crippen molar-refractivity contribution in [2.24, 2.45) is 5.84 Å². The third-order valence-electron chi connectivity index (χ3n) is 2.16. The highest BCUT2D eigenvalue weighted by Gasteiger charge is 2.12. The summed E-state index contributed by atoms with van der Waals surface area (Å²) in [7, 11) is 0. The highest BCUT2D eigenvalue weighted by Crippen LogP contribution is 2.13. The molecule has 0 aliphatic heterocycles. The van der Waals surface area contributed by atoms with Crippen LogP contribution in [0.1, 0.15) is 34.1 Å². The summed E-state index contributed by atoms with van der Waals surface area (Å²) in [6.07, 6.45) is 0.135. The van der Waals surface area contributed by atoms with E-state index in [0.717, 1.165) is 0 Å². The quantitative estimate of drug-likeness (QED) is 0.418. The standard InChI is InChI=1S/C11H22N6O2/c1-6(2)19-11-15-9(14-10(16-11)17-12)13-7(3)5-8(4)18/h6-8,18H,5,12H2,1-4H3,(H2,13,14,15,16,17). The van der Waals surface area contributed by atoms with Crippen molar-refractivity contribution in [3.05, 3.63) is 0 Å². The van der Waals surface area contributed by atoms with Gasteiger partial charge in [-0.1, -0.05) is 0 Å². The first-order valence-electron chi connectivity index (χ1n) is 6.24. The van der Waals surface area contributed by atoms with Gasteiger partial charge in [0.2, 0.25) is 11.9 Å². The molecule has 1 aromatic heterocycles. The van der Waals surface area contributed by atoms with Crippen LogP contribution in [0.3, 0.4) is 0 Å². The van der Waals surface area contributed by atoms with Crippen LogP contribution in [0.25, 0.3) is 0 Å². The van der Waals surface area contributed by atoms with Gasteiger partial charge in [0.25, 0.3) is 0 Å². The molecule has 19 heavy (non-hydrogen) atoms. The SMILES string of the molecule is CC(O)CC(C)Nc1nc(NN)nc(OC(C)C)n1. The minimum absolute atomic E-state index is 0.0138. The molecule has 0 aliphatic carbocycles. The van der Waals surface area contributed by atoms with Crippen LogP contribution in [0.2, 0.25) is 0 Å². The predicted octanol–water partition coefficient (Wildman–Crippen LogP) is 0.516. The largest absolute Gasteiger partial charge is 0.461 e. The molecule has 1 aromatic rings. The van der Waals surface area contributed by atoms with Gasteiger partial charge in [-0.25, -0.2) is 5.84 Å². The Morgan fingerprint density at radius 1 is 1.16 bits per heavy atom. The summed E-state index contributed by atoms with van der Waals surface area (Å²) in [5, 5.41) is 12.4. The molecule has 108 valence electrons. The number of hydrazine groups is 1. The van der Waals surface area contributed by atoms with Crippen LogP contribution >= 0.6 is 0 Å². The van der Waals surface area contributed by atoms with Crippen molar-refractivity contribution in [2.75, 3.05) is 10.7 Å². The Hall–Kier alpha value is -1.67. The van der Waals surface area contributed by atoms with E-state index >= 15 is 0 Å². The van der Waals surface area contributed by atoms with E-state index < -0.39 is 6.10 Å². The first kappa shape index (κ1) is 15.4. The smallest absolute Gasteiger partial charge is 0.323 e. The number of anilines is 2. The molecule has 1 rings (SSSR count). The molecule has 0 bridgehead atoms. The molecule has 2 atom stereocenters. The van der Waals surface area contributed by atoms with Crippen LogP contribution < -0.4 is 21.3 Å². The normalized spacial score (nSPS) is 14.1. The van der Waals surface area contributed by atoms with Gasteiger partial charge in [-0.15, -0.1) is 0 Å². The molecule has 2 unspecified atom stereocenters. The zero-order valence-electron chi connectivity index (χ0n) is 11.7. The second kappa shape index (κ2) is 7.05. The number of nitrogens with two attached hydrogens (primary N) is 1. The summed E-state index contributed by atoms with van der Waals surface area (Å²) in [5.41, 5.74) is 2.36. The number of aliphatic hydroxyl groups is 1.